The first kappa shape index (κ1) is 12.7. The van der Waals surface area contributed by atoms with Crippen molar-refractivity contribution in [2.24, 2.45) is 0 Å². The summed E-state index contributed by atoms with van der Waals surface area (Å²) >= 11 is 0. The van der Waals surface area contributed by atoms with Crippen molar-refractivity contribution in [3.63, 3.8) is 0 Å². The lowest BCUT2D eigenvalue weighted by Gasteiger charge is -2.12. The zero-order chi connectivity index (χ0) is 12.1. The number of methoxy groups -OCH3 is 1. The van der Waals surface area contributed by atoms with Crippen molar-refractivity contribution >= 4 is 5.97 Å². The number of hydrogen-bond acceptors (Lipinski definition) is 4. The molecule has 5 nitrogen and oxygen atoms in total. The molecule has 0 spiro atoms. The topological polar surface area (TPSA) is 57.0 Å². The summed E-state index contributed by atoms with van der Waals surface area (Å²) in [6.07, 6.45) is 2.83. The van der Waals surface area contributed by atoms with Crippen LogP contribution in [0.3, 0.4) is 0 Å². The fraction of sp³-hybridized carbons (Fsp3) is 0.727. The van der Waals surface area contributed by atoms with Crippen molar-refractivity contribution in [3.05, 3.63) is 11.4 Å². The van der Waals surface area contributed by atoms with Crippen LogP contribution in [0.25, 0.3) is 0 Å². The Hall–Kier alpha value is -1.39. The second-order valence-corrected chi connectivity index (χ2v) is 3.81. The standard InChI is InChI=1S/C11H19N3O2/c1-5-7-8(3)14-9(6-2)10(12-13-14)11(15)16-4/h8H,5-7H2,1-4H3. The van der Waals surface area contributed by atoms with Crippen LogP contribution in [-0.2, 0) is 11.2 Å². The van der Waals surface area contributed by atoms with Crippen molar-refractivity contribution in [2.75, 3.05) is 7.11 Å². The summed E-state index contributed by atoms with van der Waals surface area (Å²) in [5.41, 5.74) is 1.20. The lowest BCUT2D eigenvalue weighted by Crippen LogP contribution is -2.12. The summed E-state index contributed by atoms with van der Waals surface area (Å²) in [6.45, 7) is 6.19. The number of rotatable bonds is 5. The Morgan fingerprint density at radius 2 is 2.19 bits per heavy atom. The molecule has 0 saturated heterocycles. The number of aromatic nitrogens is 3. The third-order valence-electron chi connectivity index (χ3n) is 2.63. The quantitative estimate of drug-likeness (QED) is 0.719. The molecule has 0 aliphatic carbocycles. The molecule has 0 saturated carbocycles. The molecule has 1 rings (SSSR count). The Bertz CT molecular complexity index is 360. The van der Waals surface area contributed by atoms with E-state index in [1.807, 2.05) is 11.6 Å². The van der Waals surface area contributed by atoms with E-state index in [1.165, 1.54) is 7.11 Å². The van der Waals surface area contributed by atoms with E-state index in [4.69, 9.17) is 0 Å². The Balaban J connectivity index is 3.03. The van der Waals surface area contributed by atoms with Crippen LogP contribution in [0, 0.1) is 0 Å². The molecular weight excluding hydrogens is 206 g/mol. The molecule has 0 amide bonds. The van der Waals surface area contributed by atoms with E-state index in [-0.39, 0.29) is 6.04 Å². The lowest BCUT2D eigenvalue weighted by atomic mass is 10.1. The first-order valence-electron chi connectivity index (χ1n) is 5.68. The molecule has 0 N–H and O–H groups in total. The lowest BCUT2D eigenvalue weighted by molar-refractivity contribution is 0.0592. The number of ether oxygens (including phenoxy) is 1. The van der Waals surface area contributed by atoms with Crippen LogP contribution in [-0.4, -0.2) is 28.1 Å². The summed E-state index contributed by atoms with van der Waals surface area (Å²) < 4.78 is 6.51. The Kier molecular flexibility index (Phi) is 4.46. The van der Waals surface area contributed by atoms with Gasteiger partial charge in [0.2, 0.25) is 0 Å². The Morgan fingerprint density at radius 3 is 2.69 bits per heavy atom. The molecule has 0 aliphatic heterocycles. The summed E-state index contributed by atoms with van der Waals surface area (Å²) in [4.78, 5) is 11.4. The van der Waals surface area contributed by atoms with Gasteiger partial charge in [0.25, 0.3) is 0 Å². The van der Waals surface area contributed by atoms with E-state index in [1.54, 1.807) is 0 Å². The zero-order valence-corrected chi connectivity index (χ0v) is 10.4. The van der Waals surface area contributed by atoms with E-state index >= 15 is 0 Å². The summed E-state index contributed by atoms with van der Waals surface area (Å²) in [5, 5.41) is 7.94. The average Bonchev–Trinajstić information content (AvgIpc) is 2.71. The van der Waals surface area contributed by atoms with Gasteiger partial charge in [-0.2, -0.15) is 0 Å². The van der Waals surface area contributed by atoms with Gasteiger partial charge in [-0.15, -0.1) is 5.10 Å². The minimum absolute atomic E-state index is 0.269. The van der Waals surface area contributed by atoms with Crippen molar-refractivity contribution in [1.29, 1.82) is 0 Å². The maximum absolute atomic E-state index is 11.4. The molecule has 0 aromatic carbocycles. The predicted molar refractivity (Wildman–Crippen MR) is 60.4 cm³/mol. The third kappa shape index (κ3) is 2.40. The van der Waals surface area contributed by atoms with Gasteiger partial charge in [0.05, 0.1) is 18.8 Å². The van der Waals surface area contributed by atoms with E-state index in [0.717, 1.165) is 25.0 Å². The van der Waals surface area contributed by atoms with Gasteiger partial charge < -0.3 is 4.74 Å². The highest BCUT2D eigenvalue weighted by Gasteiger charge is 2.20. The van der Waals surface area contributed by atoms with E-state index in [9.17, 15) is 4.79 Å². The molecule has 1 unspecified atom stereocenters. The van der Waals surface area contributed by atoms with Gasteiger partial charge >= 0.3 is 5.97 Å². The molecule has 0 radical (unpaired) electrons. The third-order valence-corrected chi connectivity index (χ3v) is 2.63. The van der Waals surface area contributed by atoms with E-state index in [0.29, 0.717) is 5.69 Å². The summed E-state index contributed by atoms with van der Waals surface area (Å²) in [7, 11) is 1.36. The normalized spacial score (nSPS) is 12.5. The number of nitrogens with zero attached hydrogens (tertiary/aromatic N) is 3. The van der Waals surface area contributed by atoms with Gasteiger partial charge in [0, 0.05) is 0 Å². The fourth-order valence-electron chi connectivity index (χ4n) is 1.79. The maximum Gasteiger partial charge on any atom is 0.360 e. The van der Waals surface area contributed by atoms with E-state index < -0.39 is 5.97 Å². The molecular formula is C11H19N3O2. The van der Waals surface area contributed by atoms with Crippen LogP contribution in [0.2, 0.25) is 0 Å². The smallest absolute Gasteiger partial charge is 0.360 e. The van der Waals surface area contributed by atoms with Gasteiger partial charge in [0.15, 0.2) is 5.69 Å². The molecule has 16 heavy (non-hydrogen) atoms. The molecule has 1 aromatic heterocycles. The molecule has 1 atom stereocenters. The highest BCUT2D eigenvalue weighted by Crippen LogP contribution is 2.17. The van der Waals surface area contributed by atoms with Gasteiger partial charge in [0.1, 0.15) is 0 Å². The molecule has 1 aromatic rings. The second-order valence-electron chi connectivity index (χ2n) is 3.81. The highest BCUT2D eigenvalue weighted by atomic mass is 16.5. The second kappa shape index (κ2) is 5.63. The van der Waals surface area contributed by atoms with Crippen molar-refractivity contribution in [3.8, 4) is 0 Å². The zero-order valence-electron chi connectivity index (χ0n) is 10.4. The number of carbonyl (C=O) groups is 1. The first-order valence-corrected chi connectivity index (χ1v) is 5.68. The largest absolute Gasteiger partial charge is 0.464 e. The fourth-order valence-corrected chi connectivity index (χ4v) is 1.79. The maximum atomic E-state index is 11.4. The molecule has 5 heteroatoms. The number of esters is 1. The van der Waals surface area contributed by atoms with Crippen LogP contribution in [0.5, 0.6) is 0 Å². The average molecular weight is 225 g/mol. The van der Waals surface area contributed by atoms with Crippen molar-refractivity contribution in [1.82, 2.24) is 15.0 Å². The van der Waals surface area contributed by atoms with Crippen LogP contribution in [0.1, 0.15) is 55.8 Å². The van der Waals surface area contributed by atoms with Gasteiger partial charge in [-0.25, -0.2) is 9.48 Å². The van der Waals surface area contributed by atoms with Crippen molar-refractivity contribution in [2.45, 2.75) is 46.1 Å². The molecule has 1 heterocycles. The number of hydrogen-bond donors (Lipinski definition) is 0. The summed E-state index contributed by atoms with van der Waals surface area (Å²) in [5.74, 6) is -0.410. The van der Waals surface area contributed by atoms with Crippen molar-refractivity contribution < 1.29 is 9.53 Å². The van der Waals surface area contributed by atoms with Gasteiger partial charge in [-0.3, -0.25) is 0 Å². The Morgan fingerprint density at radius 1 is 1.50 bits per heavy atom. The van der Waals surface area contributed by atoms with Crippen LogP contribution >= 0.6 is 0 Å². The van der Waals surface area contributed by atoms with Crippen LogP contribution < -0.4 is 0 Å². The first-order chi connectivity index (χ1) is 7.65. The van der Waals surface area contributed by atoms with E-state index in [2.05, 4.69) is 28.9 Å². The SMILES string of the molecule is CCCC(C)n1nnc(C(=O)OC)c1CC. The van der Waals surface area contributed by atoms with Gasteiger partial charge in [-0.1, -0.05) is 25.5 Å². The molecule has 0 bridgehead atoms. The highest BCUT2D eigenvalue weighted by molar-refractivity contribution is 5.88. The minimum atomic E-state index is -0.410. The predicted octanol–water partition coefficient (Wildman–Crippen LogP) is 1.99. The Labute approximate surface area is 95.8 Å². The minimum Gasteiger partial charge on any atom is -0.464 e. The number of carbonyl (C=O) groups excluding carboxylic acids is 1. The van der Waals surface area contributed by atoms with Crippen LogP contribution in [0.4, 0.5) is 0 Å². The molecule has 0 aliphatic rings. The molecule has 90 valence electrons. The molecule has 0 fully saturated rings. The monoisotopic (exact) mass is 225 g/mol. The van der Waals surface area contributed by atoms with Crippen LogP contribution in [0.15, 0.2) is 0 Å². The van der Waals surface area contributed by atoms with Gasteiger partial charge in [-0.05, 0) is 19.8 Å². The summed E-state index contributed by atoms with van der Waals surface area (Å²) in [6, 6.07) is 0.269.